The maximum atomic E-state index is 12.3. The minimum absolute atomic E-state index is 0.299. The van der Waals surface area contributed by atoms with Crippen molar-refractivity contribution in [3.05, 3.63) is 65.1 Å². The standard InChI is InChI=1S/C24H23ClN8O.C2HF3O2/c1-14-9-17(11-18(25)29-14)20-21(16-6-4-5-15(10-16)12-26)32-33-8-7-19(30-22(20)33)31-23(34)28-13-24(2,3)27;3-2(4,5)1(6)7/h4-11H,13,27H2,1-3H3,(H2,28,30,31,34);(H,6,7). The van der Waals surface area contributed by atoms with Gasteiger partial charge in [-0.05, 0) is 56.7 Å². The van der Waals surface area contributed by atoms with Gasteiger partial charge in [0.2, 0.25) is 0 Å². The molecule has 0 aliphatic rings. The molecule has 4 rings (SSSR count). The van der Waals surface area contributed by atoms with Gasteiger partial charge < -0.3 is 16.2 Å². The number of hydrogen-bond acceptors (Lipinski definition) is 7. The van der Waals surface area contributed by atoms with Crippen LogP contribution in [-0.2, 0) is 4.79 Å². The first-order chi connectivity index (χ1) is 19.1. The summed E-state index contributed by atoms with van der Waals surface area (Å²) >= 11 is 6.26. The lowest BCUT2D eigenvalue weighted by molar-refractivity contribution is -0.192. The lowest BCUT2D eigenvalue weighted by Crippen LogP contribution is -2.46. The van der Waals surface area contributed by atoms with Gasteiger partial charge >= 0.3 is 18.2 Å². The fourth-order valence-electron chi connectivity index (χ4n) is 3.44. The average molecular weight is 589 g/mol. The number of nitriles is 1. The van der Waals surface area contributed by atoms with Crippen LogP contribution >= 0.6 is 11.6 Å². The lowest BCUT2D eigenvalue weighted by atomic mass is 10.00. The van der Waals surface area contributed by atoms with E-state index in [4.69, 9.17) is 32.3 Å². The van der Waals surface area contributed by atoms with Crippen molar-refractivity contribution < 1.29 is 27.9 Å². The maximum Gasteiger partial charge on any atom is 0.490 e. The topological polar surface area (TPSA) is 171 Å². The predicted molar refractivity (Wildman–Crippen MR) is 145 cm³/mol. The third kappa shape index (κ3) is 8.37. The number of aryl methyl sites for hydroxylation is 1. The smallest absolute Gasteiger partial charge is 0.475 e. The van der Waals surface area contributed by atoms with Crippen LogP contribution in [0.1, 0.15) is 25.1 Å². The van der Waals surface area contributed by atoms with E-state index < -0.39 is 23.7 Å². The fourth-order valence-corrected chi connectivity index (χ4v) is 3.69. The molecular weight excluding hydrogens is 565 g/mol. The predicted octanol–water partition coefficient (Wildman–Crippen LogP) is 4.78. The molecule has 1 aromatic carbocycles. The molecular formula is C26H24ClF3N8O3. The summed E-state index contributed by atoms with van der Waals surface area (Å²) in [6.07, 6.45) is -3.37. The number of benzene rings is 1. The van der Waals surface area contributed by atoms with Crippen LogP contribution in [0.25, 0.3) is 28.0 Å². The van der Waals surface area contributed by atoms with Gasteiger partial charge in [0, 0.05) is 29.5 Å². The number of carbonyl (C=O) groups is 2. The van der Waals surface area contributed by atoms with E-state index >= 15 is 0 Å². The quantitative estimate of drug-likeness (QED) is 0.241. The normalized spacial score (nSPS) is 11.3. The van der Waals surface area contributed by atoms with E-state index in [0.717, 1.165) is 16.8 Å². The number of nitrogens with zero attached hydrogens (tertiary/aromatic N) is 5. The first-order valence-electron chi connectivity index (χ1n) is 11.8. The molecule has 0 spiro atoms. The van der Waals surface area contributed by atoms with E-state index in [9.17, 15) is 23.2 Å². The van der Waals surface area contributed by atoms with Crippen molar-refractivity contribution in [1.29, 1.82) is 5.26 Å². The number of aromatic nitrogens is 4. The second-order valence-corrected chi connectivity index (χ2v) is 9.80. The number of pyridine rings is 1. The lowest BCUT2D eigenvalue weighted by Gasteiger charge is -2.18. The molecule has 0 aliphatic carbocycles. The Kier molecular flexibility index (Phi) is 9.16. The molecule has 3 aromatic heterocycles. The first-order valence-corrected chi connectivity index (χ1v) is 12.1. The average Bonchev–Trinajstić information content (AvgIpc) is 3.25. The summed E-state index contributed by atoms with van der Waals surface area (Å²) in [5, 5.41) is 27.0. The minimum Gasteiger partial charge on any atom is -0.475 e. The van der Waals surface area contributed by atoms with Gasteiger partial charge in [0.25, 0.3) is 0 Å². The highest BCUT2D eigenvalue weighted by molar-refractivity contribution is 6.29. The molecule has 0 bridgehead atoms. The second kappa shape index (κ2) is 12.2. The van der Waals surface area contributed by atoms with E-state index in [1.165, 1.54) is 0 Å². The van der Waals surface area contributed by atoms with E-state index in [2.05, 4.69) is 26.7 Å². The summed E-state index contributed by atoms with van der Waals surface area (Å²) in [6, 6.07) is 14.2. The fraction of sp³-hybridized carbons (Fsp3) is 0.231. The molecule has 11 nitrogen and oxygen atoms in total. The molecule has 3 heterocycles. The molecule has 0 atom stereocenters. The molecule has 4 aromatic rings. The number of rotatable bonds is 5. The van der Waals surface area contributed by atoms with Crippen LogP contribution in [0.5, 0.6) is 0 Å². The monoisotopic (exact) mass is 588 g/mol. The van der Waals surface area contributed by atoms with E-state index in [1.54, 1.807) is 41.0 Å². The number of hydrogen-bond donors (Lipinski definition) is 4. The Hall–Kier alpha value is -4.74. The Morgan fingerprint density at radius 1 is 1.15 bits per heavy atom. The number of carboxylic acid groups (broad SMARTS) is 1. The van der Waals surface area contributed by atoms with E-state index in [1.807, 2.05) is 32.9 Å². The van der Waals surface area contributed by atoms with Crippen molar-refractivity contribution in [2.75, 3.05) is 11.9 Å². The van der Waals surface area contributed by atoms with Gasteiger partial charge in [-0.15, -0.1) is 0 Å². The van der Waals surface area contributed by atoms with Crippen molar-refractivity contribution in [2.24, 2.45) is 5.73 Å². The number of carboxylic acids is 1. The highest BCUT2D eigenvalue weighted by atomic mass is 35.5. The van der Waals surface area contributed by atoms with Gasteiger partial charge in [-0.2, -0.15) is 23.5 Å². The molecule has 0 saturated heterocycles. The number of halogens is 4. The van der Waals surface area contributed by atoms with Gasteiger partial charge in [-0.3, -0.25) is 5.32 Å². The van der Waals surface area contributed by atoms with Crippen LogP contribution in [0, 0.1) is 18.3 Å². The zero-order valence-corrected chi connectivity index (χ0v) is 22.7. The van der Waals surface area contributed by atoms with Crippen molar-refractivity contribution in [2.45, 2.75) is 32.5 Å². The number of amides is 2. The number of alkyl halides is 3. The summed E-state index contributed by atoms with van der Waals surface area (Å²) in [5.74, 6) is -2.41. The van der Waals surface area contributed by atoms with E-state index in [-0.39, 0.29) is 0 Å². The number of nitrogens with one attached hydrogen (secondary N) is 2. The van der Waals surface area contributed by atoms with Crippen LogP contribution in [-0.4, -0.2) is 54.9 Å². The van der Waals surface area contributed by atoms with Crippen LogP contribution in [0.15, 0.2) is 48.7 Å². The third-order valence-corrected chi connectivity index (χ3v) is 5.34. The molecule has 0 fully saturated rings. The highest BCUT2D eigenvalue weighted by Gasteiger charge is 2.38. The number of fused-ring (bicyclic) bond motifs is 1. The third-order valence-electron chi connectivity index (χ3n) is 5.15. The molecule has 0 unspecified atom stereocenters. The summed E-state index contributed by atoms with van der Waals surface area (Å²) < 4.78 is 33.4. The van der Waals surface area contributed by atoms with Crippen molar-refractivity contribution >= 4 is 35.1 Å². The van der Waals surface area contributed by atoms with Crippen molar-refractivity contribution in [3.63, 3.8) is 0 Å². The van der Waals surface area contributed by atoms with Gasteiger partial charge in [-0.1, -0.05) is 23.7 Å². The molecule has 15 heteroatoms. The number of anilines is 1. The molecule has 0 radical (unpaired) electrons. The Morgan fingerprint density at radius 2 is 1.83 bits per heavy atom. The Bertz CT molecular complexity index is 1620. The van der Waals surface area contributed by atoms with Crippen LogP contribution in [0.2, 0.25) is 5.15 Å². The number of nitrogens with two attached hydrogens (primary N) is 1. The van der Waals surface area contributed by atoms with Crippen molar-refractivity contribution in [1.82, 2.24) is 24.9 Å². The van der Waals surface area contributed by atoms with E-state index in [0.29, 0.717) is 40.0 Å². The molecule has 0 saturated carbocycles. The Balaban J connectivity index is 0.000000587. The van der Waals surface area contributed by atoms with Gasteiger partial charge in [0.1, 0.15) is 16.7 Å². The SMILES string of the molecule is Cc1cc(-c2c(-c3cccc(C#N)c3)nn3ccc(NC(=O)NCC(C)(C)N)nc23)cc(Cl)n1.O=C(O)C(F)(F)F. The summed E-state index contributed by atoms with van der Waals surface area (Å²) in [7, 11) is 0. The van der Waals surface area contributed by atoms with Crippen molar-refractivity contribution in [3.8, 4) is 28.5 Å². The summed E-state index contributed by atoms with van der Waals surface area (Å²) in [5.41, 5.74) is 9.99. The van der Waals surface area contributed by atoms with Crippen LogP contribution < -0.4 is 16.4 Å². The second-order valence-electron chi connectivity index (χ2n) is 9.42. The zero-order chi connectivity index (χ0) is 30.5. The van der Waals surface area contributed by atoms with Crippen LogP contribution in [0.3, 0.4) is 0 Å². The van der Waals surface area contributed by atoms with Gasteiger partial charge in [0.15, 0.2) is 5.65 Å². The number of carbonyl (C=O) groups excluding carboxylic acids is 1. The summed E-state index contributed by atoms with van der Waals surface area (Å²) in [6.45, 7) is 5.79. The molecule has 0 aliphatic heterocycles. The Morgan fingerprint density at radius 3 is 2.41 bits per heavy atom. The largest absolute Gasteiger partial charge is 0.490 e. The van der Waals surface area contributed by atoms with Crippen LogP contribution in [0.4, 0.5) is 23.8 Å². The Labute approximate surface area is 236 Å². The molecule has 41 heavy (non-hydrogen) atoms. The van der Waals surface area contributed by atoms with Gasteiger partial charge in [0.05, 0.1) is 17.2 Å². The maximum absolute atomic E-state index is 12.3. The number of urea groups is 1. The van der Waals surface area contributed by atoms with Gasteiger partial charge in [-0.25, -0.2) is 24.1 Å². The minimum atomic E-state index is -5.08. The molecule has 214 valence electrons. The summed E-state index contributed by atoms with van der Waals surface area (Å²) in [4.78, 5) is 30.1. The number of aliphatic carboxylic acids is 1. The first kappa shape index (κ1) is 30.8. The zero-order valence-electron chi connectivity index (χ0n) is 21.9. The molecule has 5 N–H and O–H groups in total. The highest BCUT2D eigenvalue weighted by Crippen LogP contribution is 2.36. The molecule has 2 amide bonds.